The van der Waals surface area contributed by atoms with Gasteiger partial charge in [0.2, 0.25) is 5.91 Å². The van der Waals surface area contributed by atoms with Crippen molar-refractivity contribution in [3.05, 3.63) is 36.1 Å². The van der Waals surface area contributed by atoms with E-state index in [4.69, 9.17) is 14.0 Å². The molecule has 128 valence electrons. The molecule has 1 N–H and O–H groups in total. The molecule has 1 aliphatic rings. The second kappa shape index (κ2) is 7.35. The van der Waals surface area contributed by atoms with E-state index in [-0.39, 0.29) is 12.0 Å². The van der Waals surface area contributed by atoms with Gasteiger partial charge >= 0.3 is 0 Å². The van der Waals surface area contributed by atoms with Gasteiger partial charge in [0.15, 0.2) is 17.3 Å². The molecule has 0 saturated heterocycles. The summed E-state index contributed by atoms with van der Waals surface area (Å²) in [4.78, 5) is 14.0. The second-order valence-corrected chi connectivity index (χ2v) is 5.88. The van der Waals surface area contributed by atoms with E-state index in [0.29, 0.717) is 37.7 Å². The van der Waals surface area contributed by atoms with Crippen molar-refractivity contribution >= 4 is 11.7 Å². The lowest BCUT2D eigenvalue weighted by Crippen LogP contribution is -2.40. The van der Waals surface area contributed by atoms with Crippen molar-refractivity contribution in [2.45, 2.75) is 19.4 Å². The number of hydrogen-bond donors (Lipinski definition) is 1. The maximum atomic E-state index is 11.9. The summed E-state index contributed by atoms with van der Waals surface area (Å²) in [6.45, 7) is 3.58. The van der Waals surface area contributed by atoms with Gasteiger partial charge in [-0.1, -0.05) is 17.3 Å². The average Bonchev–Trinajstić information content (AvgIpc) is 2.98. The quantitative estimate of drug-likeness (QED) is 0.873. The first-order valence-electron chi connectivity index (χ1n) is 7.90. The van der Waals surface area contributed by atoms with Crippen LogP contribution in [0.3, 0.4) is 0 Å². The molecule has 2 heterocycles. The van der Waals surface area contributed by atoms with E-state index in [1.54, 1.807) is 13.0 Å². The summed E-state index contributed by atoms with van der Waals surface area (Å²) in [5, 5.41) is 6.45. The monoisotopic (exact) mass is 331 g/mol. The molecule has 1 amide bonds. The lowest BCUT2D eigenvalue weighted by atomic mass is 10.2. The molecule has 0 spiro atoms. The Hall–Kier alpha value is -2.54. The summed E-state index contributed by atoms with van der Waals surface area (Å²) < 4.78 is 16.5. The minimum atomic E-state index is -0.0960. The molecule has 3 rings (SSSR count). The zero-order valence-electron chi connectivity index (χ0n) is 13.8. The summed E-state index contributed by atoms with van der Waals surface area (Å²) >= 11 is 0. The predicted molar refractivity (Wildman–Crippen MR) is 88.3 cm³/mol. The Balaban J connectivity index is 1.41. The first-order valence-corrected chi connectivity index (χ1v) is 7.90. The fraction of sp³-hybridized carbons (Fsp3) is 0.412. The van der Waals surface area contributed by atoms with Crippen LogP contribution in [-0.4, -0.2) is 48.8 Å². The maximum Gasteiger partial charge on any atom is 0.226 e. The molecule has 0 bridgehead atoms. The molecule has 1 aliphatic heterocycles. The Morgan fingerprint density at radius 1 is 1.38 bits per heavy atom. The Labute approximate surface area is 140 Å². The zero-order valence-corrected chi connectivity index (χ0v) is 13.8. The summed E-state index contributed by atoms with van der Waals surface area (Å²) in [6, 6.07) is 9.32. The van der Waals surface area contributed by atoms with Crippen LogP contribution < -0.4 is 14.8 Å². The molecule has 1 aromatic carbocycles. The second-order valence-electron chi connectivity index (χ2n) is 5.88. The first kappa shape index (κ1) is 16.3. The lowest BCUT2D eigenvalue weighted by Gasteiger charge is -2.29. The topological polar surface area (TPSA) is 76.8 Å². The SMILES string of the molecule is Cc1cc(NC(=O)CCN(C)CC2COc3ccccc3O2)no1. The van der Waals surface area contributed by atoms with Crippen LogP contribution in [-0.2, 0) is 4.79 Å². The highest BCUT2D eigenvalue weighted by atomic mass is 16.6. The average molecular weight is 331 g/mol. The number of hydrogen-bond acceptors (Lipinski definition) is 6. The molecule has 24 heavy (non-hydrogen) atoms. The third kappa shape index (κ3) is 4.26. The fourth-order valence-electron chi connectivity index (χ4n) is 2.52. The molecule has 1 atom stereocenters. The van der Waals surface area contributed by atoms with Crippen molar-refractivity contribution in [1.29, 1.82) is 0 Å². The Morgan fingerprint density at radius 2 is 2.17 bits per heavy atom. The van der Waals surface area contributed by atoms with Crippen LogP contribution in [0, 0.1) is 6.92 Å². The van der Waals surface area contributed by atoms with Crippen LogP contribution in [0.15, 0.2) is 34.9 Å². The number of amides is 1. The number of benzene rings is 1. The first-order chi connectivity index (χ1) is 11.6. The number of fused-ring (bicyclic) bond motifs is 1. The fourth-order valence-corrected chi connectivity index (χ4v) is 2.52. The molecule has 0 saturated carbocycles. The number of likely N-dealkylation sites (N-methyl/N-ethyl adjacent to an activating group) is 1. The lowest BCUT2D eigenvalue weighted by molar-refractivity contribution is -0.116. The number of carbonyl (C=O) groups is 1. The van der Waals surface area contributed by atoms with Gasteiger partial charge in [-0.05, 0) is 26.1 Å². The minimum Gasteiger partial charge on any atom is -0.486 e. The number of para-hydroxylation sites is 2. The maximum absolute atomic E-state index is 11.9. The number of aryl methyl sites for hydroxylation is 1. The number of aromatic nitrogens is 1. The van der Waals surface area contributed by atoms with Crippen molar-refractivity contribution in [3.63, 3.8) is 0 Å². The van der Waals surface area contributed by atoms with Gasteiger partial charge in [-0.15, -0.1) is 0 Å². The van der Waals surface area contributed by atoms with E-state index in [1.807, 2.05) is 31.3 Å². The molecule has 0 fully saturated rings. The largest absolute Gasteiger partial charge is 0.486 e. The summed E-state index contributed by atoms with van der Waals surface area (Å²) in [5.74, 6) is 2.55. The van der Waals surface area contributed by atoms with Gasteiger partial charge in [0, 0.05) is 25.6 Å². The van der Waals surface area contributed by atoms with Crippen molar-refractivity contribution in [2.24, 2.45) is 0 Å². The van der Waals surface area contributed by atoms with E-state index < -0.39 is 0 Å². The van der Waals surface area contributed by atoms with Crippen LogP contribution in [0.5, 0.6) is 11.5 Å². The van der Waals surface area contributed by atoms with Crippen LogP contribution in [0.4, 0.5) is 5.82 Å². The number of anilines is 1. The molecule has 2 aromatic rings. The zero-order chi connectivity index (χ0) is 16.9. The highest BCUT2D eigenvalue weighted by Crippen LogP contribution is 2.30. The van der Waals surface area contributed by atoms with E-state index in [2.05, 4.69) is 15.4 Å². The molecule has 7 heteroatoms. The van der Waals surface area contributed by atoms with E-state index in [1.165, 1.54) is 0 Å². The smallest absolute Gasteiger partial charge is 0.226 e. The highest BCUT2D eigenvalue weighted by Gasteiger charge is 2.22. The number of rotatable bonds is 6. The molecule has 0 aliphatic carbocycles. The normalized spacial score (nSPS) is 16.2. The molecule has 7 nitrogen and oxygen atoms in total. The van der Waals surface area contributed by atoms with Gasteiger partial charge in [0.05, 0.1) is 0 Å². The molecule has 1 aromatic heterocycles. The molecular formula is C17H21N3O4. The third-order valence-corrected chi connectivity index (χ3v) is 3.70. The summed E-state index contributed by atoms with van der Waals surface area (Å²) in [7, 11) is 1.96. The van der Waals surface area contributed by atoms with Gasteiger partial charge in [0.25, 0.3) is 0 Å². The molecular weight excluding hydrogens is 310 g/mol. The van der Waals surface area contributed by atoms with E-state index >= 15 is 0 Å². The van der Waals surface area contributed by atoms with Gasteiger partial charge in [-0.2, -0.15) is 0 Å². The Bertz CT molecular complexity index is 701. The van der Waals surface area contributed by atoms with Crippen molar-refractivity contribution in [1.82, 2.24) is 10.1 Å². The minimum absolute atomic E-state index is 0.0499. The Morgan fingerprint density at radius 3 is 2.92 bits per heavy atom. The van der Waals surface area contributed by atoms with Gasteiger partial charge in [0.1, 0.15) is 18.5 Å². The highest BCUT2D eigenvalue weighted by molar-refractivity contribution is 5.89. The van der Waals surface area contributed by atoms with E-state index in [9.17, 15) is 4.79 Å². The summed E-state index contributed by atoms with van der Waals surface area (Å²) in [5.41, 5.74) is 0. The number of carbonyl (C=O) groups excluding carboxylic acids is 1. The van der Waals surface area contributed by atoms with E-state index in [0.717, 1.165) is 11.5 Å². The van der Waals surface area contributed by atoms with Crippen LogP contribution in [0.25, 0.3) is 0 Å². The Kier molecular flexibility index (Phi) is 5.00. The standard InChI is InChI=1S/C17H21N3O4/c1-12-9-16(19-24-12)18-17(21)7-8-20(2)10-13-11-22-14-5-3-4-6-15(14)23-13/h3-6,9,13H,7-8,10-11H2,1-2H3,(H,18,19,21). The van der Waals surface area contributed by atoms with Crippen molar-refractivity contribution in [2.75, 3.05) is 32.1 Å². The number of ether oxygens (including phenoxy) is 2. The van der Waals surface area contributed by atoms with Crippen LogP contribution >= 0.6 is 0 Å². The predicted octanol–water partition coefficient (Wildman–Crippen LogP) is 2.08. The van der Waals surface area contributed by atoms with Gasteiger partial charge in [-0.25, -0.2) is 0 Å². The van der Waals surface area contributed by atoms with Gasteiger partial charge < -0.3 is 24.2 Å². The van der Waals surface area contributed by atoms with Crippen LogP contribution in [0.1, 0.15) is 12.2 Å². The van der Waals surface area contributed by atoms with Crippen molar-refractivity contribution < 1.29 is 18.8 Å². The number of nitrogens with zero attached hydrogens (tertiary/aromatic N) is 2. The van der Waals surface area contributed by atoms with Gasteiger partial charge in [-0.3, -0.25) is 4.79 Å². The molecule has 0 radical (unpaired) electrons. The van der Waals surface area contributed by atoms with Crippen molar-refractivity contribution in [3.8, 4) is 11.5 Å². The number of nitrogens with one attached hydrogen (secondary N) is 1. The summed E-state index contributed by atoms with van der Waals surface area (Å²) in [6.07, 6.45) is 0.318. The van der Waals surface area contributed by atoms with Crippen LogP contribution in [0.2, 0.25) is 0 Å². The third-order valence-electron chi connectivity index (χ3n) is 3.70. The molecule has 1 unspecified atom stereocenters.